The Balaban J connectivity index is 1.73. The number of nitrogens with zero attached hydrogens (tertiary/aromatic N) is 1. The molecule has 3 atom stereocenters. The van der Waals surface area contributed by atoms with Crippen LogP contribution in [0.4, 0.5) is 0 Å². The third-order valence-electron chi connectivity index (χ3n) is 3.35. The van der Waals surface area contributed by atoms with E-state index in [2.05, 4.69) is 26.2 Å². The molecule has 2 bridgehead atoms. The second-order valence-corrected chi connectivity index (χ2v) is 5.16. The fraction of sp³-hybridized carbons (Fsp3) is 0.545. The van der Waals surface area contributed by atoms with Crippen LogP contribution in [-0.4, -0.2) is 24.2 Å². The summed E-state index contributed by atoms with van der Waals surface area (Å²) < 4.78 is 6.97. The first-order valence-electron chi connectivity index (χ1n) is 5.31. The minimum absolute atomic E-state index is 0.407. The number of fused-ring (bicyclic) bond motifs is 2. The molecule has 0 spiro atoms. The quantitative estimate of drug-likeness (QED) is 0.889. The Kier molecular flexibility index (Phi) is 2.41. The second kappa shape index (κ2) is 3.76. The predicted octanol–water partition coefficient (Wildman–Crippen LogP) is 1.83. The SMILES string of the molecule is Brc1cnccc1OC1[C@@H]2CNC[C@H]1C2. The first-order chi connectivity index (χ1) is 7.34. The smallest absolute Gasteiger partial charge is 0.137 e. The van der Waals surface area contributed by atoms with Crippen molar-refractivity contribution < 1.29 is 4.74 Å². The molecule has 2 fully saturated rings. The maximum absolute atomic E-state index is 6.02. The molecule has 1 aromatic heterocycles. The molecule has 1 unspecified atom stereocenters. The number of nitrogens with one attached hydrogen (secondary N) is 1. The Morgan fingerprint density at radius 2 is 2.20 bits per heavy atom. The summed E-state index contributed by atoms with van der Waals surface area (Å²) in [5.74, 6) is 2.32. The lowest BCUT2D eigenvalue weighted by molar-refractivity contribution is -0.0450. The number of aromatic nitrogens is 1. The van der Waals surface area contributed by atoms with Crippen molar-refractivity contribution in [3.05, 3.63) is 22.9 Å². The number of piperidine rings is 2. The summed E-state index contributed by atoms with van der Waals surface area (Å²) in [6, 6.07) is 1.92. The first kappa shape index (κ1) is 9.60. The zero-order chi connectivity index (χ0) is 10.3. The molecule has 1 N–H and O–H groups in total. The molecule has 1 aliphatic heterocycles. The molecule has 2 aliphatic rings. The van der Waals surface area contributed by atoms with E-state index in [-0.39, 0.29) is 0 Å². The van der Waals surface area contributed by atoms with Crippen LogP contribution < -0.4 is 10.1 Å². The molecule has 3 rings (SSSR count). The number of rotatable bonds is 2. The zero-order valence-electron chi connectivity index (χ0n) is 8.32. The highest BCUT2D eigenvalue weighted by Gasteiger charge is 2.45. The summed E-state index contributed by atoms with van der Waals surface area (Å²) in [6.45, 7) is 2.20. The van der Waals surface area contributed by atoms with E-state index in [1.54, 1.807) is 12.4 Å². The summed E-state index contributed by atoms with van der Waals surface area (Å²) in [6.07, 6.45) is 5.28. The van der Waals surface area contributed by atoms with E-state index in [1.165, 1.54) is 6.42 Å². The third-order valence-corrected chi connectivity index (χ3v) is 3.94. The van der Waals surface area contributed by atoms with Crippen LogP contribution in [0.2, 0.25) is 0 Å². The van der Waals surface area contributed by atoms with E-state index in [1.807, 2.05) is 6.07 Å². The van der Waals surface area contributed by atoms with Crippen LogP contribution in [0.25, 0.3) is 0 Å². The van der Waals surface area contributed by atoms with Crippen LogP contribution in [0, 0.1) is 11.8 Å². The van der Waals surface area contributed by atoms with Crippen molar-refractivity contribution >= 4 is 15.9 Å². The highest BCUT2D eigenvalue weighted by atomic mass is 79.9. The van der Waals surface area contributed by atoms with E-state index >= 15 is 0 Å². The summed E-state index contributed by atoms with van der Waals surface area (Å²) in [4.78, 5) is 4.03. The van der Waals surface area contributed by atoms with Crippen LogP contribution in [0.15, 0.2) is 22.9 Å². The van der Waals surface area contributed by atoms with Gasteiger partial charge in [0.05, 0.1) is 4.47 Å². The molecule has 1 saturated carbocycles. The monoisotopic (exact) mass is 268 g/mol. The van der Waals surface area contributed by atoms with E-state index in [0.717, 1.165) is 23.3 Å². The Bertz CT molecular complexity index is 357. The highest BCUT2D eigenvalue weighted by molar-refractivity contribution is 9.10. The van der Waals surface area contributed by atoms with Gasteiger partial charge in [0.25, 0.3) is 0 Å². The van der Waals surface area contributed by atoms with Gasteiger partial charge in [-0.2, -0.15) is 0 Å². The van der Waals surface area contributed by atoms with Gasteiger partial charge in [0, 0.05) is 37.3 Å². The number of ether oxygens (including phenoxy) is 1. The van der Waals surface area contributed by atoms with Crippen LogP contribution in [0.3, 0.4) is 0 Å². The molecule has 1 saturated heterocycles. The average Bonchev–Trinajstić information content (AvgIpc) is 2.29. The second-order valence-electron chi connectivity index (χ2n) is 4.30. The lowest BCUT2D eigenvalue weighted by Crippen LogP contribution is -2.59. The number of pyridine rings is 1. The highest BCUT2D eigenvalue weighted by Crippen LogP contribution is 2.40. The average molecular weight is 269 g/mol. The summed E-state index contributed by atoms with van der Waals surface area (Å²) >= 11 is 3.45. The molecule has 1 aromatic rings. The molecular weight excluding hydrogens is 256 g/mol. The van der Waals surface area contributed by atoms with E-state index < -0.39 is 0 Å². The minimum atomic E-state index is 0.407. The molecule has 1 aliphatic carbocycles. The molecule has 0 amide bonds. The van der Waals surface area contributed by atoms with Crippen molar-refractivity contribution in [3.63, 3.8) is 0 Å². The van der Waals surface area contributed by atoms with Gasteiger partial charge in [0.15, 0.2) is 0 Å². The van der Waals surface area contributed by atoms with E-state index in [0.29, 0.717) is 17.9 Å². The van der Waals surface area contributed by atoms with E-state index in [9.17, 15) is 0 Å². The molecule has 4 heteroatoms. The molecule has 15 heavy (non-hydrogen) atoms. The topological polar surface area (TPSA) is 34.1 Å². The van der Waals surface area contributed by atoms with Crippen LogP contribution in [0.1, 0.15) is 6.42 Å². The van der Waals surface area contributed by atoms with Gasteiger partial charge < -0.3 is 10.1 Å². The van der Waals surface area contributed by atoms with Crippen molar-refractivity contribution in [1.29, 1.82) is 0 Å². The Labute approximate surface area is 97.4 Å². The minimum Gasteiger partial charge on any atom is -0.488 e. The van der Waals surface area contributed by atoms with Crippen LogP contribution in [-0.2, 0) is 0 Å². The van der Waals surface area contributed by atoms with Gasteiger partial charge in [-0.05, 0) is 28.4 Å². The largest absolute Gasteiger partial charge is 0.488 e. The lowest BCUT2D eigenvalue weighted by atomic mass is 9.69. The standard InChI is InChI=1S/C11H13BrN2O/c12-9-6-13-2-1-10(9)15-11-7-3-8(11)5-14-4-7/h1-2,6-8,11,14H,3-5H2/t7-,8+,11?. The van der Waals surface area contributed by atoms with Crippen molar-refractivity contribution in [1.82, 2.24) is 10.3 Å². The van der Waals surface area contributed by atoms with Crippen molar-refractivity contribution in [2.75, 3.05) is 13.1 Å². The molecule has 80 valence electrons. The van der Waals surface area contributed by atoms with Crippen LogP contribution in [0.5, 0.6) is 5.75 Å². The van der Waals surface area contributed by atoms with Gasteiger partial charge in [0.1, 0.15) is 11.9 Å². The van der Waals surface area contributed by atoms with Crippen molar-refractivity contribution in [2.24, 2.45) is 11.8 Å². The fourth-order valence-corrected chi connectivity index (χ4v) is 2.84. The number of hydrogen-bond acceptors (Lipinski definition) is 3. The Morgan fingerprint density at radius 3 is 2.87 bits per heavy atom. The third kappa shape index (κ3) is 1.66. The summed E-state index contributed by atoms with van der Waals surface area (Å²) in [7, 11) is 0. The van der Waals surface area contributed by atoms with Gasteiger partial charge in [0.2, 0.25) is 0 Å². The molecule has 2 heterocycles. The van der Waals surface area contributed by atoms with Gasteiger partial charge in [-0.15, -0.1) is 0 Å². The molecule has 3 nitrogen and oxygen atoms in total. The van der Waals surface area contributed by atoms with Gasteiger partial charge >= 0.3 is 0 Å². The normalized spacial score (nSPS) is 33.3. The van der Waals surface area contributed by atoms with Gasteiger partial charge in [-0.3, -0.25) is 4.98 Å². The summed E-state index contributed by atoms with van der Waals surface area (Å²) in [5.41, 5.74) is 0. The predicted molar refractivity (Wildman–Crippen MR) is 60.8 cm³/mol. The number of hydrogen-bond donors (Lipinski definition) is 1. The molecule has 0 radical (unpaired) electrons. The Morgan fingerprint density at radius 1 is 1.40 bits per heavy atom. The van der Waals surface area contributed by atoms with Gasteiger partial charge in [-0.25, -0.2) is 0 Å². The molecule has 0 aromatic carbocycles. The molecular formula is C11H13BrN2O. The fourth-order valence-electron chi connectivity index (χ4n) is 2.50. The number of halogens is 1. The van der Waals surface area contributed by atoms with E-state index in [4.69, 9.17) is 4.74 Å². The summed E-state index contributed by atoms with van der Waals surface area (Å²) in [5, 5.41) is 3.41. The Hall–Kier alpha value is -0.610. The lowest BCUT2D eigenvalue weighted by Gasteiger charge is -2.49. The van der Waals surface area contributed by atoms with Crippen molar-refractivity contribution in [3.8, 4) is 5.75 Å². The maximum atomic E-state index is 6.02. The first-order valence-corrected chi connectivity index (χ1v) is 6.11. The maximum Gasteiger partial charge on any atom is 0.137 e. The van der Waals surface area contributed by atoms with Crippen molar-refractivity contribution in [2.45, 2.75) is 12.5 Å². The van der Waals surface area contributed by atoms with Gasteiger partial charge in [-0.1, -0.05) is 0 Å². The van der Waals surface area contributed by atoms with Crippen LogP contribution >= 0.6 is 15.9 Å². The zero-order valence-corrected chi connectivity index (χ0v) is 9.90.